The Morgan fingerprint density at radius 2 is 1.83 bits per heavy atom. The summed E-state index contributed by atoms with van der Waals surface area (Å²) < 4.78 is 30.3. The second-order valence-corrected chi connectivity index (χ2v) is 3.63. The van der Waals surface area contributed by atoms with Crippen molar-refractivity contribution in [2.75, 3.05) is 7.11 Å². The van der Waals surface area contributed by atoms with E-state index in [2.05, 4.69) is 4.74 Å². The molecule has 0 aromatic heterocycles. The molecule has 1 aromatic carbocycles. The van der Waals surface area contributed by atoms with E-state index in [0.717, 1.165) is 7.11 Å². The van der Waals surface area contributed by atoms with Crippen LogP contribution in [0.5, 0.6) is 5.75 Å². The number of benzene rings is 1. The molecule has 0 aliphatic carbocycles. The van der Waals surface area contributed by atoms with E-state index >= 15 is 0 Å². The molecule has 5 nitrogen and oxygen atoms in total. The van der Waals surface area contributed by atoms with Gasteiger partial charge in [-0.15, -0.1) is 0 Å². The van der Waals surface area contributed by atoms with Gasteiger partial charge >= 0.3 is 5.97 Å². The number of esters is 1. The molecule has 7 heteroatoms. The Labute approximate surface area is 101 Å². The number of hydrogen-bond donors (Lipinski definition) is 3. The van der Waals surface area contributed by atoms with Gasteiger partial charge in [0.1, 0.15) is 6.10 Å². The van der Waals surface area contributed by atoms with Crippen molar-refractivity contribution >= 4 is 5.97 Å². The predicted molar refractivity (Wildman–Crippen MR) is 55.6 cm³/mol. The molecule has 0 bridgehead atoms. The Bertz CT molecular complexity index is 426. The number of aliphatic hydroxyl groups is 2. The van der Waals surface area contributed by atoms with Gasteiger partial charge in [-0.25, -0.2) is 8.78 Å². The number of hydrogen-bond acceptors (Lipinski definition) is 5. The molecule has 0 spiro atoms. The smallest absolute Gasteiger partial charge is 0.308 e. The molecular formula is C11H12F2O5. The van der Waals surface area contributed by atoms with Gasteiger partial charge in [0, 0.05) is 0 Å². The topological polar surface area (TPSA) is 87.0 Å². The van der Waals surface area contributed by atoms with Crippen LogP contribution < -0.4 is 0 Å². The normalized spacial score (nSPS) is 14.1. The number of phenols is 1. The minimum absolute atomic E-state index is 0.292. The maximum atomic E-state index is 13.0. The van der Waals surface area contributed by atoms with Crippen LogP contribution in [0.25, 0.3) is 0 Å². The molecule has 0 heterocycles. The third-order valence-electron chi connectivity index (χ3n) is 2.35. The van der Waals surface area contributed by atoms with Crippen LogP contribution in [0.3, 0.4) is 0 Å². The molecule has 2 unspecified atom stereocenters. The van der Waals surface area contributed by atoms with Crippen molar-refractivity contribution in [2.45, 2.75) is 18.6 Å². The van der Waals surface area contributed by atoms with Crippen molar-refractivity contribution in [1.82, 2.24) is 0 Å². The summed E-state index contributed by atoms with van der Waals surface area (Å²) in [6.07, 6.45) is -3.77. The summed E-state index contributed by atoms with van der Waals surface area (Å²) in [7, 11) is 1.10. The van der Waals surface area contributed by atoms with E-state index in [-0.39, 0.29) is 5.56 Å². The SMILES string of the molecule is COC(=O)CC(O)C(O)c1cc(F)c(O)c(F)c1. The lowest BCUT2D eigenvalue weighted by Gasteiger charge is -2.17. The zero-order valence-corrected chi connectivity index (χ0v) is 9.43. The third kappa shape index (κ3) is 3.14. The van der Waals surface area contributed by atoms with Crippen LogP contribution in [0, 0.1) is 11.6 Å². The molecule has 0 saturated carbocycles. The molecule has 0 fully saturated rings. The number of aromatic hydroxyl groups is 1. The number of carbonyl (C=O) groups is 1. The highest BCUT2D eigenvalue weighted by molar-refractivity contribution is 5.69. The lowest BCUT2D eigenvalue weighted by Crippen LogP contribution is -2.22. The van der Waals surface area contributed by atoms with Gasteiger partial charge in [-0.2, -0.15) is 0 Å². The first-order chi connectivity index (χ1) is 8.36. The van der Waals surface area contributed by atoms with Gasteiger partial charge < -0.3 is 20.1 Å². The maximum absolute atomic E-state index is 13.0. The Morgan fingerprint density at radius 3 is 2.28 bits per heavy atom. The monoisotopic (exact) mass is 262 g/mol. The molecule has 0 saturated heterocycles. The fourth-order valence-electron chi connectivity index (χ4n) is 1.34. The van der Waals surface area contributed by atoms with Gasteiger partial charge in [0.2, 0.25) is 0 Å². The predicted octanol–water partition coefficient (Wildman–Crippen LogP) is 0.628. The van der Waals surface area contributed by atoms with Crippen LogP contribution >= 0.6 is 0 Å². The molecule has 1 aromatic rings. The molecule has 1 rings (SSSR count). The number of carbonyl (C=O) groups excluding carboxylic acids is 1. The molecule has 0 aliphatic heterocycles. The van der Waals surface area contributed by atoms with E-state index in [4.69, 9.17) is 5.11 Å². The van der Waals surface area contributed by atoms with Gasteiger partial charge in [0.15, 0.2) is 17.4 Å². The highest BCUT2D eigenvalue weighted by atomic mass is 19.1. The van der Waals surface area contributed by atoms with Gasteiger partial charge in [-0.3, -0.25) is 4.79 Å². The average molecular weight is 262 g/mol. The molecule has 100 valence electrons. The second kappa shape index (κ2) is 5.74. The molecular weight excluding hydrogens is 250 g/mol. The molecule has 3 N–H and O–H groups in total. The number of rotatable bonds is 4. The number of halogens is 2. The van der Waals surface area contributed by atoms with Gasteiger partial charge in [0.25, 0.3) is 0 Å². The summed E-state index contributed by atoms with van der Waals surface area (Å²) in [5.41, 5.74) is -0.292. The minimum Gasteiger partial charge on any atom is -0.503 e. The quantitative estimate of drug-likeness (QED) is 0.693. The van der Waals surface area contributed by atoms with Crippen LogP contribution in [-0.2, 0) is 9.53 Å². The van der Waals surface area contributed by atoms with Crippen molar-refractivity contribution in [3.05, 3.63) is 29.3 Å². The lowest BCUT2D eigenvalue weighted by molar-refractivity contribution is -0.144. The maximum Gasteiger partial charge on any atom is 0.308 e. The number of ether oxygens (including phenoxy) is 1. The van der Waals surface area contributed by atoms with Gasteiger partial charge in [-0.1, -0.05) is 0 Å². The van der Waals surface area contributed by atoms with Crippen molar-refractivity contribution in [3.63, 3.8) is 0 Å². The fourth-order valence-corrected chi connectivity index (χ4v) is 1.34. The number of aliphatic hydroxyl groups excluding tert-OH is 2. The Hall–Kier alpha value is -1.73. The zero-order valence-electron chi connectivity index (χ0n) is 9.43. The Balaban J connectivity index is 2.90. The summed E-state index contributed by atoms with van der Waals surface area (Å²) >= 11 is 0. The first-order valence-corrected chi connectivity index (χ1v) is 4.97. The van der Waals surface area contributed by atoms with Crippen molar-refractivity contribution in [3.8, 4) is 5.75 Å². The van der Waals surface area contributed by atoms with Crippen LogP contribution in [0.4, 0.5) is 8.78 Å². The Morgan fingerprint density at radius 1 is 1.33 bits per heavy atom. The van der Waals surface area contributed by atoms with E-state index in [9.17, 15) is 23.8 Å². The van der Waals surface area contributed by atoms with Gasteiger partial charge in [0.05, 0.1) is 19.6 Å². The van der Waals surface area contributed by atoms with E-state index in [0.29, 0.717) is 12.1 Å². The second-order valence-electron chi connectivity index (χ2n) is 3.63. The first-order valence-electron chi connectivity index (χ1n) is 4.97. The van der Waals surface area contributed by atoms with Gasteiger partial charge in [-0.05, 0) is 17.7 Å². The number of methoxy groups -OCH3 is 1. The van der Waals surface area contributed by atoms with E-state index in [1.165, 1.54) is 0 Å². The summed E-state index contributed by atoms with van der Waals surface area (Å²) in [6, 6.07) is 1.34. The van der Waals surface area contributed by atoms with Crippen LogP contribution in [-0.4, -0.2) is 34.5 Å². The molecule has 0 radical (unpaired) electrons. The molecule has 0 aliphatic rings. The summed E-state index contributed by atoms with van der Waals surface area (Å²) in [5.74, 6) is -4.49. The number of phenolic OH excluding ortho intramolecular Hbond substituents is 1. The van der Waals surface area contributed by atoms with Crippen LogP contribution in [0.2, 0.25) is 0 Å². The average Bonchev–Trinajstić information content (AvgIpc) is 2.33. The van der Waals surface area contributed by atoms with E-state index < -0.39 is 42.0 Å². The van der Waals surface area contributed by atoms with Crippen LogP contribution in [0.15, 0.2) is 12.1 Å². The third-order valence-corrected chi connectivity index (χ3v) is 2.35. The highest BCUT2D eigenvalue weighted by Crippen LogP contribution is 2.27. The molecule has 18 heavy (non-hydrogen) atoms. The van der Waals surface area contributed by atoms with Crippen molar-refractivity contribution < 1.29 is 33.6 Å². The Kier molecular flexibility index (Phi) is 4.57. The van der Waals surface area contributed by atoms with Crippen molar-refractivity contribution in [2.24, 2.45) is 0 Å². The minimum atomic E-state index is -1.67. The standard InChI is InChI=1S/C11H12F2O5/c1-18-9(15)4-8(14)10(16)5-2-6(12)11(17)7(13)3-5/h2-3,8,10,14,16-17H,4H2,1H3. The molecule has 0 amide bonds. The van der Waals surface area contributed by atoms with E-state index in [1.54, 1.807) is 0 Å². The summed E-state index contributed by atoms with van der Waals surface area (Å²) in [4.78, 5) is 10.9. The van der Waals surface area contributed by atoms with Crippen LogP contribution in [0.1, 0.15) is 18.1 Å². The largest absolute Gasteiger partial charge is 0.503 e. The fraction of sp³-hybridized carbons (Fsp3) is 0.364. The highest BCUT2D eigenvalue weighted by Gasteiger charge is 2.24. The lowest BCUT2D eigenvalue weighted by atomic mass is 10.0. The first kappa shape index (κ1) is 14.3. The summed E-state index contributed by atoms with van der Waals surface area (Å²) in [5, 5.41) is 27.9. The molecule has 2 atom stereocenters. The summed E-state index contributed by atoms with van der Waals surface area (Å²) in [6.45, 7) is 0. The van der Waals surface area contributed by atoms with E-state index in [1.807, 2.05) is 0 Å². The van der Waals surface area contributed by atoms with Crippen molar-refractivity contribution in [1.29, 1.82) is 0 Å². The zero-order chi connectivity index (χ0) is 13.9.